The summed E-state index contributed by atoms with van der Waals surface area (Å²) in [6.45, 7) is 4.10. The number of ether oxygens (including phenoxy) is 3. The largest absolute Gasteiger partial charge is 0.493 e. The third kappa shape index (κ3) is 3.27. The van der Waals surface area contributed by atoms with Crippen molar-refractivity contribution >= 4 is 16.9 Å². The molecule has 3 N–H and O–H groups in total. The molecule has 0 bridgehead atoms. The quantitative estimate of drug-likeness (QED) is 0.766. The van der Waals surface area contributed by atoms with Crippen LogP contribution in [0.5, 0.6) is 11.5 Å². The van der Waals surface area contributed by atoms with Crippen LogP contribution in [0.1, 0.15) is 31.7 Å². The molecular formula is C17H24N2O4. The summed E-state index contributed by atoms with van der Waals surface area (Å²) in [4.78, 5) is 15.2. The Morgan fingerprint density at radius 3 is 2.43 bits per heavy atom. The van der Waals surface area contributed by atoms with E-state index in [9.17, 15) is 4.79 Å². The molecule has 1 aromatic heterocycles. The fraction of sp³-hybridized carbons (Fsp3) is 0.471. The van der Waals surface area contributed by atoms with Crippen LogP contribution in [-0.4, -0.2) is 37.8 Å². The zero-order chi connectivity index (χ0) is 17.0. The van der Waals surface area contributed by atoms with E-state index in [1.807, 2.05) is 25.3 Å². The summed E-state index contributed by atoms with van der Waals surface area (Å²) >= 11 is 0. The van der Waals surface area contributed by atoms with Crippen molar-refractivity contribution in [3.8, 4) is 11.5 Å². The van der Waals surface area contributed by atoms with Crippen LogP contribution in [0, 0.1) is 0 Å². The standard InChI is InChI=1S/C17H24N2O4/c1-5-10(16(18)17(20)23-6-2)12-9-19-13-8-15(22-4)14(21-3)7-11(12)13/h7-10,16,19H,5-6,18H2,1-4H3. The molecule has 0 aliphatic heterocycles. The third-order valence-corrected chi connectivity index (χ3v) is 4.05. The van der Waals surface area contributed by atoms with Gasteiger partial charge in [0.05, 0.1) is 20.8 Å². The second-order valence-electron chi connectivity index (χ2n) is 5.29. The van der Waals surface area contributed by atoms with Gasteiger partial charge in [-0.15, -0.1) is 0 Å². The molecule has 23 heavy (non-hydrogen) atoms. The maximum Gasteiger partial charge on any atom is 0.323 e. The van der Waals surface area contributed by atoms with Gasteiger partial charge in [0, 0.05) is 29.1 Å². The maximum absolute atomic E-state index is 12.0. The van der Waals surface area contributed by atoms with Gasteiger partial charge in [-0.1, -0.05) is 6.92 Å². The lowest BCUT2D eigenvalue weighted by atomic mass is 9.89. The highest BCUT2D eigenvalue weighted by atomic mass is 16.5. The molecule has 6 heteroatoms. The van der Waals surface area contributed by atoms with Crippen molar-refractivity contribution in [1.29, 1.82) is 0 Å². The van der Waals surface area contributed by atoms with E-state index >= 15 is 0 Å². The smallest absolute Gasteiger partial charge is 0.323 e. The van der Waals surface area contributed by atoms with Crippen LogP contribution in [0.15, 0.2) is 18.3 Å². The Kier molecular flexibility index (Phi) is 5.50. The molecule has 0 spiro atoms. The number of aromatic amines is 1. The molecule has 0 aliphatic carbocycles. The van der Waals surface area contributed by atoms with Crippen LogP contribution < -0.4 is 15.2 Å². The van der Waals surface area contributed by atoms with E-state index in [0.29, 0.717) is 18.1 Å². The molecule has 0 aliphatic rings. The number of methoxy groups -OCH3 is 2. The van der Waals surface area contributed by atoms with Gasteiger partial charge in [-0.05, 0) is 25.0 Å². The molecule has 126 valence electrons. The number of H-pyrrole nitrogens is 1. The number of aromatic nitrogens is 1. The summed E-state index contributed by atoms with van der Waals surface area (Å²) in [6.07, 6.45) is 2.61. The Bertz CT molecular complexity index is 681. The predicted molar refractivity (Wildman–Crippen MR) is 89.0 cm³/mol. The molecule has 6 nitrogen and oxygen atoms in total. The van der Waals surface area contributed by atoms with Crippen molar-refractivity contribution in [2.24, 2.45) is 5.73 Å². The molecule has 0 saturated heterocycles. The summed E-state index contributed by atoms with van der Waals surface area (Å²) in [5.41, 5.74) is 8.01. The Labute approximate surface area is 135 Å². The van der Waals surface area contributed by atoms with Crippen LogP contribution in [0.4, 0.5) is 0 Å². The number of rotatable bonds is 7. The number of nitrogens with one attached hydrogen (secondary N) is 1. The van der Waals surface area contributed by atoms with Crippen molar-refractivity contribution in [3.05, 3.63) is 23.9 Å². The highest BCUT2D eigenvalue weighted by Gasteiger charge is 2.28. The highest BCUT2D eigenvalue weighted by Crippen LogP contribution is 2.37. The molecule has 0 amide bonds. The second-order valence-corrected chi connectivity index (χ2v) is 5.29. The van der Waals surface area contributed by atoms with Crippen molar-refractivity contribution in [2.75, 3.05) is 20.8 Å². The van der Waals surface area contributed by atoms with E-state index in [4.69, 9.17) is 19.9 Å². The van der Waals surface area contributed by atoms with Gasteiger partial charge >= 0.3 is 5.97 Å². The minimum Gasteiger partial charge on any atom is -0.493 e. The normalized spacial score (nSPS) is 13.6. The summed E-state index contributed by atoms with van der Waals surface area (Å²) in [7, 11) is 3.19. The number of hydrogen-bond donors (Lipinski definition) is 2. The van der Waals surface area contributed by atoms with Crippen LogP contribution in [0.25, 0.3) is 10.9 Å². The van der Waals surface area contributed by atoms with Gasteiger partial charge in [0.2, 0.25) is 0 Å². The predicted octanol–water partition coefficient (Wildman–Crippen LogP) is 2.57. The van der Waals surface area contributed by atoms with Crippen LogP contribution in [0.2, 0.25) is 0 Å². The van der Waals surface area contributed by atoms with Gasteiger partial charge in [0.15, 0.2) is 11.5 Å². The minimum absolute atomic E-state index is 0.138. The zero-order valence-electron chi connectivity index (χ0n) is 14.0. The fourth-order valence-electron chi connectivity index (χ4n) is 2.85. The van der Waals surface area contributed by atoms with Crippen LogP contribution in [0.3, 0.4) is 0 Å². The van der Waals surface area contributed by atoms with Gasteiger partial charge in [0.1, 0.15) is 6.04 Å². The van der Waals surface area contributed by atoms with Crippen molar-refractivity contribution in [3.63, 3.8) is 0 Å². The number of hydrogen-bond acceptors (Lipinski definition) is 5. The molecule has 0 radical (unpaired) electrons. The van der Waals surface area contributed by atoms with Gasteiger partial charge in [-0.3, -0.25) is 4.79 Å². The Hall–Kier alpha value is -2.21. The average Bonchev–Trinajstić information content (AvgIpc) is 2.97. The van der Waals surface area contributed by atoms with Crippen LogP contribution >= 0.6 is 0 Å². The van der Waals surface area contributed by atoms with E-state index in [-0.39, 0.29) is 11.9 Å². The Morgan fingerprint density at radius 1 is 1.22 bits per heavy atom. The van der Waals surface area contributed by atoms with E-state index in [2.05, 4.69) is 4.98 Å². The zero-order valence-corrected chi connectivity index (χ0v) is 14.0. The number of fused-ring (bicyclic) bond motifs is 1. The molecule has 1 aromatic carbocycles. The number of carbonyl (C=O) groups excluding carboxylic acids is 1. The first kappa shape index (κ1) is 17.1. The first-order chi connectivity index (χ1) is 11.1. The number of esters is 1. The third-order valence-electron chi connectivity index (χ3n) is 4.05. The van der Waals surface area contributed by atoms with Crippen molar-refractivity contribution in [1.82, 2.24) is 4.98 Å². The maximum atomic E-state index is 12.0. The minimum atomic E-state index is -0.702. The first-order valence-electron chi connectivity index (χ1n) is 7.72. The van der Waals surface area contributed by atoms with Crippen molar-refractivity contribution < 1.29 is 19.0 Å². The van der Waals surface area contributed by atoms with E-state index < -0.39 is 6.04 Å². The fourth-order valence-corrected chi connectivity index (χ4v) is 2.85. The summed E-state index contributed by atoms with van der Waals surface area (Å²) in [5.74, 6) is 0.770. The molecule has 2 rings (SSSR count). The monoisotopic (exact) mass is 320 g/mol. The first-order valence-corrected chi connectivity index (χ1v) is 7.72. The summed E-state index contributed by atoms with van der Waals surface area (Å²) in [6, 6.07) is 3.08. The number of nitrogens with two attached hydrogens (primary N) is 1. The van der Waals surface area contributed by atoms with Crippen molar-refractivity contribution in [2.45, 2.75) is 32.2 Å². The number of carbonyl (C=O) groups is 1. The van der Waals surface area contributed by atoms with E-state index in [0.717, 1.165) is 22.9 Å². The summed E-state index contributed by atoms with van der Waals surface area (Å²) < 4.78 is 15.7. The molecule has 0 fully saturated rings. The van der Waals surface area contributed by atoms with E-state index in [1.54, 1.807) is 21.1 Å². The molecule has 2 atom stereocenters. The Morgan fingerprint density at radius 2 is 1.87 bits per heavy atom. The Balaban J connectivity index is 2.46. The SMILES string of the molecule is CCOC(=O)C(N)C(CC)c1c[nH]c2cc(OC)c(OC)cc12. The lowest BCUT2D eigenvalue weighted by molar-refractivity contribution is -0.145. The van der Waals surface area contributed by atoms with Gasteiger partial charge in [0.25, 0.3) is 0 Å². The molecular weight excluding hydrogens is 296 g/mol. The molecule has 0 saturated carbocycles. The average molecular weight is 320 g/mol. The van der Waals surface area contributed by atoms with Gasteiger partial charge in [-0.2, -0.15) is 0 Å². The topological polar surface area (TPSA) is 86.6 Å². The lowest BCUT2D eigenvalue weighted by Crippen LogP contribution is -2.38. The molecule has 2 unspecified atom stereocenters. The second kappa shape index (κ2) is 7.37. The van der Waals surface area contributed by atoms with Gasteiger partial charge in [-0.25, -0.2) is 0 Å². The summed E-state index contributed by atoms with van der Waals surface area (Å²) in [5, 5.41) is 0.967. The van der Waals surface area contributed by atoms with E-state index in [1.165, 1.54) is 0 Å². The van der Waals surface area contributed by atoms with Crippen LogP contribution in [-0.2, 0) is 9.53 Å². The highest BCUT2D eigenvalue weighted by molar-refractivity contribution is 5.88. The number of benzene rings is 1. The van der Waals surface area contributed by atoms with Gasteiger partial charge < -0.3 is 24.9 Å². The lowest BCUT2D eigenvalue weighted by Gasteiger charge is -2.21. The molecule has 2 aromatic rings. The molecule has 1 heterocycles.